The van der Waals surface area contributed by atoms with E-state index >= 15 is 0 Å². The Kier molecular flexibility index (Phi) is 6.76. The highest BCUT2D eigenvalue weighted by Crippen LogP contribution is 2.29. The van der Waals surface area contributed by atoms with Crippen molar-refractivity contribution in [3.8, 4) is 0 Å². The third-order valence-electron chi connectivity index (χ3n) is 4.66. The van der Waals surface area contributed by atoms with Gasteiger partial charge in [0.05, 0.1) is 6.04 Å². The molecule has 0 saturated heterocycles. The smallest absolute Gasteiger partial charge is 0.340 e. The van der Waals surface area contributed by atoms with E-state index < -0.39 is 8.03 Å². The summed E-state index contributed by atoms with van der Waals surface area (Å²) in [5.41, 5.74) is 3.85. The van der Waals surface area contributed by atoms with Crippen LogP contribution in [0.2, 0.25) is 0 Å². The number of nitrogens with zero attached hydrogens (tertiary/aromatic N) is 1. The maximum atomic E-state index is 10.8. The van der Waals surface area contributed by atoms with Crippen LogP contribution in [0.5, 0.6) is 0 Å². The third kappa shape index (κ3) is 4.91. The molecule has 2 aromatic carbocycles. The average Bonchev–Trinajstić information content (AvgIpc) is 3.11. The van der Waals surface area contributed by atoms with Crippen LogP contribution in [0, 0.1) is 0 Å². The molecule has 1 atom stereocenters. The van der Waals surface area contributed by atoms with E-state index in [-0.39, 0.29) is 6.04 Å². The van der Waals surface area contributed by atoms with Gasteiger partial charge in [-0.05, 0) is 53.5 Å². The first-order valence-electron chi connectivity index (χ1n) is 9.15. The fourth-order valence-electron chi connectivity index (χ4n) is 3.41. The van der Waals surface area contributed by atoms with Crippen molar-refractivity contribution in [3.63, 3.8) is 0 Å². The summed E-state index contributed by atoms with van der Waals surface area (Å²) in [7, 11) is -1.99. The molecule has 0 aliphatic carbocycles. The van der Waals surface area contributed by atoms with E-state index in [4.69, 9.17) is 4.89 Å². The molecule has 1 unspecified atom stereocenters. The summed E-state index contributed by atoms with van der Waals surface area (Å²) in [6.45, 7) is 0. The summed E-state index contributed by atoms with van der Waals surface area (Å²) in [6, 6.07) is 25.6. The predicted octanol–water partition coefficient (Wildman–Crippen LogP) is 5.57. The number of unbranched alkanes of at least 4 members (excludes halogenated alkanes) is 2. The first kappa shape index (κ1) is 18.6. The molecule has 26 heavy (non-hydrogen) atoms. The molecule has 0 fully saturated rings. The summed E-state index contributed by atoms with van der Waals surface area (Å²) in [6.07, 6.45) is 6.37. The Morgan fingerprint density at radius 2 is 1.42 bits per heavy atom. The monoisotopic (exact) mass is 366 g/mol. The average molecular weight is 366 g/mol. The number of hydrogen-bond donors (Lipinski definition) is 1. The molecule has 1 heterocycles. The van der Waals surface area contributed by atoms with Crippen molar-refractivity contribution in [2.24, 2.45) is 0 Å². The van der Waals surface area contributed by atoms with Crippen LogP contribution in [0.4, 0.5) is 0 Å². The maximum absolute atomic E-state index is 10.8. The van der Waals surface area contributed by atoms with Crippen molar-refractivity contribution >= 4 is 8.03 Å². The zero-order chi connectivity index (χ0) is 18.2. The minimum atomic E-state index is -1.99. The minimum Gasteiger partial charge on any atom is -0.340 e. The molecule has 0 amide bonds. The van der Waals surface area contributed by atoms with Gasteiger partial charge < -0.3 is 4.57 Å². The quantitative estimate of drug-likeness (QED) is 0.397. The van der Waals surface area contributed by atoms with E-state index in [0.717, 1.165) is 25.7 Å². The highest BCUT2D eigenvalue weighted by molar-refractivity contribution is 7.37. The van der Waals surface area contributed by atoms with Gasteiger partial charge >= 0.3 is 8.03 Å². The van der Waals surface area contributed by atoms with E-state index in [0.29, 0.717) is 6.16 Å². The predicted molar refractivity (Wildman–Crippen MR) is 107 cm³/mol. The van der Waals surface area contributed by atoms with Crippen LogP contribution >= 0.6 is 8.03 Å². The molecule has 3 aromatic rings. The van der Waals surface area contributed by atoms with E-state index in [1.54, 1.807) is 0 Å². The molecule has 0 saturated carbocycles. The molecule has 1 N–H and O–H groups in total. The maximum Gasteiger partial charge on any atom is 0.505 e. The number of hydrogen-bond acceptors (Lipinski definition) is 1. The molecule has 0 aliphatic rings. The molecule has 134 valence electrons. The second kappa shape index (κ2) is 9.47. The van der Waals surface area contributed by atoms with Crippen molar-refractivity contribution < 1.29 is 9.46 Å². The normalized spacial score (nSPS) is 11.7. The van der Waals surface area contributed by atoms with Crippen molar-refractivity contribution in [2.45, 2.75) is 31.7 Å². The van der Waals surface area contributed by atoms with Gasteiger partial charge in [0.2, 0.25) is 0 Å². The van der Waals surface area contributed by atoms with Gasteiger partial charge in [0, 0.05) is 11.9 Å². The second-order valence-electron chi connectivity index (χ2n) is 6.52. The fourth-order valence-corrected chi connectivity index (χ4v) is 3.90. The number of aromatic nitrogens is 1. The summed E-state index contributed by atoms with van der Waals surface area (Å²) in [4.78, 5) is 8.91. The zero-order valence-electron chi connectivity index (χ0n) is 14.9. The van der Waals surface area contributed by atoms with E-state index in [1.807, 2.05) is 12.1 Å². The van der Waals surface area contributed by atoms with Crippen molar-refractivity contribution in [1.82, 2.24) is 4.57 Å². The molecule has 0 aliphatic heterocycles. The van der Waals surface area contributed by atoms with Crippen LogP contribution in [0.1, 0.15) is 42.1 Å². The Bertz CT molecular complexity index is 775. The highest BCUT2D eigenvalue weighted by atomic mass is 31.1. The van der Waals surface area contributed by atoms with E-state index in [2.05, 4.69) is 71.4 Å². The molecule has 0 radical (unpaired) electrons. The van der Waals surface area contributed by atoms with E-state index in [1.165, 1.54) is 16.8 Å². The summed E-state index contributed by atoms with van der Waals surface area (Å²) in [5.74, 6) is 0. The third-order valence-corrected chi connectivity index (χ3v) is 5.36. The number of benzene rings is 2. The Morgan fingerprint density at radius 1 is 0.808 bits per heavy atom. The van der Waals surface area contributed by atoms with Gasteiger partial charge in [-0.25, -0.2) is 0 Å². The van der Waals surface area contributed by atoms with Crippen LogP contribution in [0.3, 0.4) is 0 Å². The molecular weight excluding hydrogens is 341 g/mol. The Labute approximate surface area is 156 Å². The van der Waals surface area contributed by atoms with Gasteiger partial charge in [-0.2, -0.15) is 4.89 Å². The van der Waals surface area contributed by atoms with Crippen LogP contribution in [-0.4, -0.2) is 15.6 Å². The second-order valence-corrected chi connectivity index (χ2v) is 7.67. The van der Waals surface area contributed by atoms with Gasteiger partial charge in [0.15, 0.2) is 6.16 Å². The lowest BCUT2D eigenvalue weighted by Crippen LogP contribution is -2.14. The zero-order valence-corrected chi connectivity index (χ0v) is 15.8. The van der Waals surface area contributed by atoms with Crippen molar-refractivity contribution in [2.75, 3.05) is 6.16 Å². The molecular formula is C22H25NO2P+. The molecule has 0 spiro atoms. The van der Waals surface area contributed by atoms with Crippen LogP contribution in [-0.2, 0) is 11.0 Å². The lowest BCUT2D eigenvalue weighted by Gasteiger charge is -2.23. The standard InChI is InChI=1S/C22H24NO2P/c24-26(25)18-9-3-8-15-21-16-10-17-23(21)22(19-11-4-1-5-12-19)20-13-6-2-7-14-20/h1-2,4-7,10-14,16-17,22H,3,8-9,15,18H2/p+1. The minimum absolute atomic E-state index is 0.161. The van der Waals surface area contributed by atoms with Gasteiger partial charge in [-0.15, -0.1) is 0 Å². The molecule has 3 nitrogen and oxygen atoms in total. The largest absolute Gasteiger partial charge is 0.505 e. The summed E-state index contributed by atoms with van der Waals surface area (Å²) < 4.78 is 13.2. The van der Waals surface area contributed by atoms with Crippen LogP contribution < -0.4 is 0 Å². The fraction of sp³-hybridized carbons (Fsp3) is 0.273. The highest BCUT2D eigenvalue weighted by Gasteiger charge is 2.18. The number of aryl methyl sites for hydroxylation is 1. The van der Waals surface area contributed by atoms with Crippen molar-refractivity contribution in [1.29, 1.82) is 0 Å². The first-order chi connectivity index (χ1) is 12.8. The Morgan fingerprint density at radius 3 is 2.00 bits per heavy atom. The van der Waals surface area contributed by atoms with Crippen molar-refractivity contribution in [3.05, 3.63) is 95.8 Å². The van der Waals surface area contributed by atoms with Gasteiger partial charge in [0.25, 0.3) is 0 Å². The van der Waals surface area contributed by atoms with Gasteiger partial charge in [0.1, 0.15) is 0 Å². The van der Waals surface area contributed by atoms with Crippen LogP contribution in [0.15, 0.2) is 79.0 Å². The van der Waals surface area contributed by atoms with E-state index in [9.17, 15) is 4.57 Å². The first-order valence-corrected chi connectivity index (χ1v) is 10.5. The Hall–Kier alpha value is -2.22. The topological polar surface area (TPSA) is 42.2 Å². The Balaban J connectivity index is 1.80. The van der Waals surface area contributed by atoms with Gasteiger partial charge in [-0.1, -0.05) is 60.7 Å². The summed E-state index contributed by atoms with van der Waals surface area (Å²) >= 11 is 0. The lowest BCUT2D eigenvalue weighted by molar-refractivity contribution is 0.499. The van der Waals surface area contributed by atoms with Crippen LogP contribution in [0.25, 0.3) is 0 Å². The molecule has 3 rings (SSSR count). The molecule has 1 aromatic heterocycles. The number of rotatable bonds is 9. The molecule has 4 heteroatoms. The summed E-state index contributed by atoms with van der Waals surface area (Å²) in [5, 5.41) is 0. The molecule has 0 bridgehead atoms. The van der Waals surface area contributed by atoms with Gasteiger partial charge in [-0.3, -0.25) is 0 Å². The lowest BCUT2D eigenvalue weighted by atomic mass is 9.98. The SMILES string of the molecule is O=[P+](O)CCCCCc1cccn1C(c1ccccc1)c1ccccc1.